The Kier molecular flexibility index (Phi) is 2.95. The van der Waals surface area contributed by atoms with Crippen LogP contribution in [0.2, 0.25) is 0 Å². The van der Waals surface area contributed by atoms with E-state index in [-0.39, 0.29) is 0 Å². The second-order valence-electron chi connectivity index (χ2n) is 5.26. The number of fused-ring (bicyclic) bond motifs is 2. The Morgan fingerprint density at radius 2 is 2.06 bits per heavy atom. The maximum atomic E-state index is 3.60. The molecule has 2 nitrogen and oxygen atoms in total. The average molecular weight is 248 g/mol. The summed E-state index contributed by atoms with van der Waals surface area (Å²) in [6.07, 6.45) is 8.98. The van der Waals surface area contributed by atoms with Crippen LogP contribution in [0.1, 0.15) is 37.7 Å². The SMILES string of the molecule is CSNc1ccc2c(c1)C1(CCCCC1)CN2. The van der Waals surface area contributed by atoms with E-state index >= 15 is 0 Å². The van der Waals surface area contributed by atoms with Crippen LogP contribution in [0.3, 0.4) is 0 Å². The lowest BCUT2D eigenvalue weighted by Crippen LogP contribution is -2.30. The van der Waals surface area contributed by atoms with E-state index in [0.29, 0.717) is 5.41 Å². The summed E-state index contributed by atoms with van der Waals surface area (Å²) >= 11 is 1.66. The maximum absolute atomic E-state index is 3.60. The highest BCUT2D eigenvalue weighted by Crippen LogP contribution is 2.47. The number of hydrogen-bond donors (Lipinski definition) is 2. The minimum Gasteiger partial charge on any atom is -0.384 e. The Balaban J connectivity index is 1.96. The van der Waals surface area contributed by atoms with Crippen LogP contribution in [0.15, 0.2) is 18.2 Å². The standard InChI is InChI=1S/C14H20N2S/c1-17-16-11-5-6-13-12(9-11)14(10-15-13)7-3-2-4-8-14/h5-6,9,15-16H,2-4,7-8,10H2,1H3. The van der Waals surface area contributed by atoms with Gasteiger partial charge in [0, 0.05) is 29.6 Å². The smallest absolute Gasteiger partial charge is 0.0444 e. The lowest BCUT2D eigenvalue weighted by atomic mass is 9.71. The summed E-state index contributed by atoms with van der Waals surface area (Å²) in [5.41, 5.74) is 4.59. The minimum absolute atomic E-state index is 0.434. The van der Waals surface area contributed by atoms with Crippen molar-refractivity contribution in [1.82, 2.24) is 0 Å². The highest BCUT2D eigenvalue weighted by Gasteiger charge is 2.39. The number of nitrogens with one attached hydrogen (secondary N) is 2. The molecule has 1 heterocycles. The van der Waals surface area contributed by atoms with Gasteiger partial charge in [-0.05, 0) is 36.6 Å². The predicted molar refractivity (Wildman–Crippen MR) is 76.8 cm³/mol. The summed E-state index contributed by atoms with van der Waals surface area (Å²) in [5.74, 6) is 0. The second kappa shape index (κ2) is 4.45. The molecule has 2 aliphatic rings. The van der Waals surface area contributed by atoms with Gasteiger partial charge >= 0.3 is 0 Å². The van der Waals surface area contributed by atoms with Gasteiger partial charge in [-0.25, -0.2) is 0 Å². The van der Waals surface area contributed by atoms with Crippen LogP contribution in [0.4, 0.5) is 11.4 Å². The van der Waals surface area contributed by atoms with Crippen molar-refractivity contribution in [2.45, 2.75) is 37.5 Å². The van der Waals surface area contributed by atoms with Gasteiger partial charge in [-0.2, -0.15) is 0 Å². The van der Waals surface area contributed by atoms with Crippen molar-refractivity contribution in [3.05, 3.63) is 23.8 Å². The van der Waals surface area contributed by atoms with E-state index in [1.807, 2.05) is 0 Å². The molecule has 0 saturated heterocycles. The first-order valence-corrected chi connectivity index (χ1v) is 7.74. The van der Waals surface area contributed by atoms with Gasteiger partial charge in [0.2, 0.25) is 0 Å². The first kappa shape index (κ1) is 11.3. The number of anilines is 2. The van der Waals surface area contributed by atoms with E-state index in [9.17, 15) is 0 Å². The fraction of sp³-hybridized carbons (Fsp3) is 0.571. The van der Waals surface area contributed by atoms with E-state index in [1.54, 1.807) is 17.5 Å². The van der Waals surface area contributed by atoms with Crippen LogP contribution in [0, 0.1) is 0 Å². The quantitative estimate of drug-likeness (QED) is 0.773. The zero-order chi connectivity index (χ0) is 11.7. The van der Waals surface area contributed by atoms with Crippen molar-refractivity contribution >= 4 is 23.3 Å². The van der Waals surface area contributed by atoms with Crippen molar-refractivity contribution in [2.75, 3.05) is 22.8 Å². The number of rotatable bonds is 2. The van der Waals surface area contributed by atoms with Gasteiger partial charge in [-0.1, -0.05) is 31.2 Å². The average Bonchev–Trinajstić information content (AvgIpc) is 2.70. The van der Waals surface area contributed by atoms with Crippen molar-refractivity contribution in [1.29, 1.82) is 0 Å². The summed E-state index contributed by atoms with van der Waals surface area (Å²) in [5, 5.41) is 3.60. The second-order valence-corrected chi connectivity index (χ2v) is 5.87. The van der Waals surface area contributed by atoms with Gasteiger partial charge in [0.1, 0.15) is 0 Å². The summed E-state index contributed by atoms with van der Waals surface area (Å²) in [6, 6.07) is 6.76. The molecule has 1 aliphatic heterocycles. The molecule has 0 amide bonds. The first-order chi connectivity index (χ1) is 8.34. The van der Waals surface area contributed by atoms with Gasteiger partial charge in [-0.15, -0.1) is 0 Å². The maximum Gasteiger partial charge on any atom is 0.0444 e. The van der Waals surface area contributed by atoms with Crippen molar-refractivity contribution in [3.8, 4) is 0 Å². The molecule has 3 heteroatoms. The van der Waals surface area contributed by atoms with E-state index < -0.39 is 0 Å². The van der Waals surface area contributed by atoms with E-state index in [0.717, 1.165) is 6.54 Å². The zero-order valence-corrected chi connectivity index (χ0v) is 11.2. The third-order valence-electron chi connectivity index (χ3n) is 4.24. The molecule has 0 atom stereocenters. The molecule has 17 heavy (non-hydrogen) atoms. The Bertz CT molecular complexity index is 405. The predicted octanol–water partition coefficient (Wildman–Crippen LogP) is 4.00. The van der Waals surface area contributed by atoms with Gasteiger partial charge in [-0.3, -0.25) is 0 Å². The fourth-order valence-electron chi connectivity index (χ4n) is 3.35. The van der Waals surface area contributed by atoms with Crippen molar-refractivity contribution < 1.29 is 0 Å². The van der Waals surface area contributed by atoms with Gasteiger partial charge in [0.25, 0.3) is 0 Å². The summed E-state index contributed by atoms with van der Waals surface area (Å²) in [6.45, 7) is 1.14. The summed E-state index contributed by atoms with van der Waals surface area (Å²) in [7, 11) is 0. The third-order valence-corrected chi connectivity index (χ3v) is 4.68. The highest BCUT2D eigenvalue weighted by molar-refractivity contribution is 7.99. The fourth-order valence-corrected chi connectivity index (χ4v) is 3.72. The topological polar surface area (TPSA) is 24.1 Å². The molecule has 1 aliphatic carbocycles. The minimum atomic E-state index is 0.434. The first-order valence-electron chi connectivity index (χ1n) is 6.51. The largest absolute Gasteiger partial charge is 0.384 e. The summed E-state index contributed by atoms with van der Waals surface area (Å²) in [4.78, 5) is 0. The summed E-state index contributed by atoms with van der Waals surface area (Å²) < 4.78 is 3.35. The lowest BCUT2D eigenvalue weighted by molar-refractivity contribution is 0.319. The van der Waals surface area contributed by atoms with Crippen LogP contribution >= 0.6 is 11.9 Å². The lowest BCUT2D eigenvalue weighted by Gasteiger charge is -2.33. The van der Waals surface area contributed by atoms with Crippen molar-refractivity contribution in [2.24, 2.45) is 0 Å². The molecule has 2 N–H and O–H groups in total. The van der Waals surface area contributed by atoms with Gasteiger partial charge < -0.3 is 10.0 Å². The van der Waals surface area contributed by atoms with E-state index in [2.05, 4.69) is 34.5 Å². The molecule has 1 spiro atoms. The van der Waals surface area contributed by atoms with Gasteiger partial charge in [0.15, 0.2) is 0 Å². The zero-order valence-electron chi connectivity index (χ0n) is 10.4. The molecule has 1 saturated carbocycles. The Hall–Kier alpha value is -0.830. The number of hydrogen-bond acceptors (Lipinski definition) is 3. The molecule has 0 bridgehead atoms. The molecule has 92 valence electrons. The molecule has 0 unspecified atom stereocenters. The Morgan fingerprint density at radius 3 is 2.82 bits per heavy atom. The monoisotopic (exact) mass is 248 g/mol. The normalized spacial score (nSPS) is 21.0. The highest BCUT2D eigenvalue weighted by atomic mass is 32.2. The molecule has 1 fully saturated rings. The van der Waals surface area contributed by atoms with Crippen LogP contribution in [-0.2, 0) is 5.41 Å². The third kappa shape index (κ3) is 1.90. The van der Waals surface area contributed by atoms with Crippen molar-refractivity contribution in [3.63, 3.8) is 0 Å². The van der Waals surface area contributed by atoms with E-state index in [1.165, 1.54) is 43.5 Å². The van der Waals surface area contributed by atoms with Crippen LogP contribution in [0.25, 0.3) is 0 Å². The number of benzene rings is 1. The Morgan fingerprint density at radius 1 is 1.24 bits per heavy atom. The van der Waals surface area contributed by atoms with Crippen LogP contribution in [0.5, 0.6) is 0 Å². The molecule has 0 aromatic heterocycles. The van der Waals surface area contributed by atoms with Crippen LogP contribution in [-0.4, -0.2) is 12.8 Å². The molecular weight excluding hydrogens is 228 g/mol. The molecule has 3 rings (SSSR count). The van der Waals surface area contributed by atoms with Crippen LogP contribution < -0.4 is 10.0 Å². The van der Waals surface area contributed by atoms with E-state index in [4.69, 9.17) is 0 Å². The van der Waals surface area contributed by atoms with Gasteiger partial charge in [0.05, 0.1) is 0 Å². The molecular formula is C14H20N2S. The Labute approximate surface area is 108 Å². The molecule has 0 radical (unpaired) electrons. The molecule has 1 aromatic carbocycles. The molecule has 1 aromatic rings.